The highest BCUT2D eigenvalue weighted by Crippen LogP contribution is 2.20. The summed E-state index contributed by atoms with van der Waals surface area (Å²) in [6.07, 6.45) is 1.59. The summed E-state index contributed by atoms with van der Waals surface area (Å²) in [6, 6.07) is 10.0. The minimum absolute atomic E-state index is 0.00666. The van der Waals surface area contributed by atoms with E-state index in [1.807, 2.05) is 6.92 Å². The van der Waals surface area contributed by atoms with E-state index in [2.05, 4.69) is 38.4 Å². The van der Waals surface area contributed by atoms with E-state index in [0.29, 0.717) is 34.9 Å². The summed E-state index contributed by atoms with van der Waals surface area (Å²) in [5, 5.41) is 5.76. The van der Waals surface area contributed by atoms with Crippen LogP contribution in [0.1, 0.15) is 24.2 Å². The van der Waals surface area contributed by atoms with Gasteiger partial charge in [-0.25, -0.2) is 24.1 Å². The number of nitrogens with one attached hydrogen (secondary N) is 2. The zero-order chi connectivity index (χ0) is 19.4. The summed E-state index contributed by atoms with van der Waals surface area (Å²) in [7, 11) is 0. The van der Waals surface area contributed by atoms with Crippen LogP contribution in [0, 0.1) is 0 Å². The Morgan fingerprint density at radius 1 is 1.11 bits per heavy atom. The Balaban J connectivity index is 1.85. The molecule has 0 aliphatic carbocycles. The van der Waals surface area contributed by atoms with Gasteiger partial charge in [-0.05, 0) is 50.2 Å². The second-order valence-electron chi connectivity index (χ2n) is 5.67. The SMILES string of the molecule is CCNC(=O)N(S)c1ccc2ncc(Nc3ccc(C(C)=O)cc3)nc2n1. The Bertz CT molecular complexity index is 993. The number of aromatic nitrogens is 3. The van der Waals surface area contributed by atoms with E-state index in [0.717, 1.165) is 9.99 Å². The molecule has 2 aromatic heterocycles. The number of amides is 2. The maximum absolute atomic E-state index is 11.9. The van der Waals surface area contributed by atoms with Gasteiger partial charge in [0.2, 0.25) is 0 Å². The number of pyridine rings is 1. The number of carbonyl (C=O) groups excluding carboxylic acids is 2. The number of rotatable bonds is 5. The van der Waals surface area contributed by atoms with Crippen molar-refractivity contribution in [1.29, 1.82) is 0 Å². The van der Waals surface area contributed by atoms with Crippen molar-refractivity contribution in [3.63, 3.8) is 0 Å². The Labute approximate surface area is 161 Å². The number of thiol groups is 1. The third-order valence-corrected chi connectivity index (χ3v) is 4.08. The number of hydrogen-bond acceptors (Lipinski definition) is 7. The quantitative estimate of drug-likeness (QED) is 0.462. The smallest absolute Gasteiger partial charge is 0.333 e. The largest absolute Gasteiger partial charge is 0.339 e. The van der Waals surface area contributed by atoms with Crippen LogP contribution in [0.4, 0.5) is 22.1 Å². The molecule has 138 valence electrons. The normalized spacial score (nSPS) is 10.5. The van der Waals surface area contributed by atoms with Gasteiger partial charge < -0.3 is 10.6 Å². The standard InChI is InChI=1S/C18H18N6O2S/c1-3-19-18(26)24(27)16-9-8-14-17(23-16)22-15(10-20-14)21-13-6-4-12(5-7-13)11(2)25/h4-10,27H,3H2,1-2H3,(H,19,26)(H,21,22,23). The van der Waals surface area contributed by atoms with Crippen molar-refractivity contribution in [2.45, 2.75) is 13.8 Å². The molecule has 0 saturated carbocycles. The first kappa shape index (κ1) is 18.6. The molecule has 3 aromatic rings. The lowest BCUT2D eigenvalue weighted by molar-refractivity contribution is 0.101. The highest BCUT2D eigenvalue weighted by Gasteiger charge is 2.13. The van der Waals surface area contributed by atoms with Crippen LogP contribution in [0.3, 0.4) is 0 Å². The van der Waals surface area contributed by atoms with E-state index in [9.17, 15) is 9.59 Å². The lowest BCUT2D eigenvalue weighted by atomic mass is 10.1. The lowest BCUT2D eigenvalue weighted by Gasteiger charge is -2.15. The van der Waals surface area contributed by atoms with Gasteiger partial charge in [0.25, 0.3) is 0 Å². The first-order chi connectivity index (χ1) is 13.0. The fourth-order valence-electron chi connectivity index (χ4n) is 2.33. The van der Waals surface area contributed by atoms with Crippen molar-refractivity contribution in [3.05, 3.63) is 48.2 Å². The Kier molecular flexibility index (Phi) is 5.51. The molecule has 0 spiro atoms. The van der Waals surface area contributed by atoms with Gasteiger partial charge in [0.05, 0.1) is 6.20 Å². The molecular formula is C18H18N6O2S. The van der Waals surface area contributed by atoms with Crippen LogP contribution in [0.5, 0.6) is 0 Å². The first-order valence-electron chi connectivity index (χ1n) is 8.26. The molecule has 0 aliphatic rings. The summed E-state index contributed by atoms with van der Waals surface area (Å²) >= 11 is 4.17. The summed E-state index contributed by atoms with van der Waals surface area (Å²) in [5.74, 6) is 0.840. The molecule has 8 nitrogen and oxygen atoms in total. The summed E-state index contributed by atoms with van der Waals surface area (Å²) in [6.45, 7) is 3.82. The van der Waals surface area contributed by atoms with E-state index in [-0.39, 0.29) is 11.8 Å². The molecule has 2 amide bonds. The second-order valence-corrected chi connectivity index (χ2v) is 6.07. The van der Waals surface area contributed by atoms with E-state index < -0.39 is 0 Å². The molecule has 0 bridgehead atoms. The summed E-state index contributed by atoms with van der Waals surface area (Å²) in [4.78, 5) is 36.3. The zero-order valence-corrected chi connectivity index (χ0v) is 15.7. The lowest BCUT2D eigenvalue weighted by Crippen LogP contribution is -2.34. The third kappa shape index (κ3) is 4.32. The molecule has 0 saturated heterocycles. The maximum atomic E-state index is 11.9. The maximum Gasteiger partial charge on any atom is 0.333 e. The van der Waals surface area contributed by atoms with Crippen molar-refractivity contribution in [2.75, 3.05) is 16.2 Å². The predicted molar refractivity (Wildman–Crippen MR) is 108 cm³/mol. The number of anilines is 3. The molecule has 1 aromatic carbocycles. The molecule has 2 heterocycles. The number of fused-ring (bicyclic) bond motifs is 1. The van der Waals surface area contributed by atoms with E-state index in [4.69, 9.17) is 0 Å². The van der Waals surface area contributed by atoms with Crippen molar-refractivity contribution in [3.8, 4) is 0 Å². The molecule has 9 heteroatoms. The fraction of sp³-hybridized carbons (Fsp3) is 0.167. The Morgan fingerprint density at radius 3 is 2.52 bits per heavy atom. The first-order valence-corrected chi connectivity index (χ1v) is 8.66. The Morgan fingerprint density at radius 2 is 1.85 bits per heavy atom. The van der Waals surface area contributed by atoms with Crippen LogP contribution in [-0.2, 0) is 0 Å². The molecule has 0 radical (unpaired) electrons. The molecule has 3 rings (SSSR count). The number of hydrogen-bond donors (Lipinski definition) is 3. The highest BCUT2D eigenvalue weighted by atomic mass is 32.1. The van der Waals surface area contributed by atoms with E-state index in [1.165, 1.54) is 6.92 Å². The molecular weight excluding hydrogens is 364 g/mol. The van der Waals surface area contributed by atoms with Gasteiger partial charge in [-0.15, -0.1) is 0 Å². The van der Waals surface area contributed by atoms with Crippen LogP contribution >= 0.6 is 12.8 Å². The van der Waals surface area contributed by atoms with Gasteiger partial charge >= 0.3 is 6.03 Å². The number of nitrogens with zero attached hydrogens (tertiary/aromatic N) is 4. The molecule has 0 aliphatic heterocycles. The minimum atomic E-state index is -0.375. The van der Waals surface area contributed by atoms with Crippen LogP contribution in [0.2, 0.25) is 0 Å². The molecule has 27 heavy (non-hydrogen) atoms. The van der Waals surface area contributed by atoms with Gasteiger partial charge in [0.15, 0.2) is 17.2 Å². The average molecular weight is 382 g/mol. The zero-order valence-electron chi connectivity index (χ0n) is 14.8. The van der Waals surface area contributed by atoms with Crippen LogP contribution < -0.4 is 14.9 Å². The monoisotopic (exact) mass is 382 g/mol. The van der Waals surface area contributed by atoms with Gasteiger partial charge in [-0.3, -0.25) is 4.79 Å². The topological polar surface area (TPSA) is 100 Å². The molecule has 2 N–H and O–H groups in total. The fourth-order valence-corrected chi connectivity index (χ4v) is 2.51. The molecule has 0 fully saturated rings. The van der Waals surface area contributed by atoms with Crippen molar-refractivity contribution >= 4 is 53.1 Å². The minimum Gasteiger partial charge on any atom is -0.339 e. The second kappa shape index (κ2) is 8.00. The van der Waals surface area contributed by atoms with E-state index >= 15 is 0 Å². The van der Waals surface area contributed by atoms with E-state index in [1.54, 1.807) is 42.6 Å². The Hall–Kier alpha value is -3.20. The highest BCUT2D eigenvalue weighted by molar-refractivity contribution is 7.82. The van der Waals surface area contributed by atoms with Crippen LogP contribution in [0.25, 0.3) is 11.2 Å². The van der Waals surface area contributed by atoms with Crippen molar-refractivity contribution in [1.82, 2.24) is 20.3 Å². The van der Waals surface area contributed by atoms with Gasteiger partial charge in [-0.2, -0.15) is 0 Å². The number of urea groups is 1. The third-order valence-electron chi connectivity index (χ3n) is 3.69. The summed E-state index contributed by atoms with van der Waals surface area (Å²) < 4.78 is 1.12. The van der Waals surface area contributed by atoms with Crippen LogP contribution in [0.15, 0.2) is 42.6 Å². The number of benzene rings is 1. The predicted octanol–water partition coefficient (Wildman–Crippen LogP) is 3.35. The van der Waals surface area contributed by atoms with Crippen molar-refractivity contribution in [2.24, 2.45) is 0 Å². The van der Waals surface area contributed by atoms with Gasteiger partial charge in [-0.1, -0.05) is 12.8 Å². The average Bonchev–Trinajstić information content (AvgIpc) is 2.67. The van der Waals surface area contributed by atoms with Crippen LogP contribution in [-0.4, -0.2) is 33.3 Å². The van der Waals surface area contributed by atoms with Gasteiger partial charge in [0.1, 0.15) is 11.3 Å². The molecule has 0 unspecified atom stereocenters. The summed E-state index contributed by atoms with van der Waals surface area (Å²) in [5.41, 5.74) is 2.37. The number of Topliss-reactive ketones (excluding diaryl/α,β-unsaturated/α-hetero) is 1. The van der Waals surface area contributed by atoms with Gasteiger partial charge in [0, 0.05) is 17.8 Å². The molecule has 0 atom stereocenters. The number of ketones is 1. The number of carbonyl (C=O) groups is 2. The van der Waals surface area contributed by atoms with Crippen molar-refractivity contribution < 1.29 is 9.59 Å².